The van der Waals surface area contributed by atoms with E-state index in [9.17, 15) is 19.8 Å². The van der Waals surface area contributed by atoms with Crippen molar-refractivity contribution in [3.8, 4) is 0 Å². The molecule has 1 heterocycles. The molecule has 0 fully saturated rings. The number of hydrogen-bond donors (Lipinski definition) is 3. The fourth-order valence-electron chi connectivity index (χ4n) is 1.99. The molecule has 0 saturated carbocycles. The average molecular weight is 292 g/mol. The van der Waals surface area contributed by atoms with Crippen molar-refractivity contribution in [2.24, 2.45) is 0 Å². The van der Waals surface area contributed by atoms with E-state index in [0.717, 1.165) is 0 Å². The number of hydrogen-bond acceptors (Lipinski definition) is 6. The van der Waals surface area contributed by atoms with Gasteiger partial charge in [0.2, 0.25) is 0 Å². The zero-order valence-electron chi connectivity index (χ0n) is 11.4. The number of aliphatic hydroxyl groups is 2. The highest BCUT2D eigenvalue weighted by Crippen LogP contribution is 2.21. The molecule has 2 unspecified atom stereocenters. The van der Waals surface area contributed by atoms with Gasteiger partial charge >= 0.3 is 5.97 Å². The summed E-state index contributed by atoms with van der Waals surface area (Å²) in [6, 6.07) is 4.53. The number of carbonyl (C=O) groups excluding carboxylic acids is 1. The molecule has 0 saturated heterocycles. The van der Waals surface area contributed by atoms with E-state index in [1.807, 2.05) is 0 Å². The first kappa shape index (κ1) is 15.1. The molecule has 2 rings (SSSR count). The van der Waals surface area contributed by atoms with Crippen LogP contribution in [0.25, 0.3) is 10.9 Å². The molecule has 0 bridgehead atoms. The molecule has 112 valence electrons. The third kappa shape index (κ3) is 3.45. The number of aromatic nitrogens is 2. The first-order chi connectivity index (χ1) is 10.0. The van der Waals surface area contributed by atoms with Crippen molar-refractivity contribution in [2.75, 3.05) is 6.61 Å². The predicted molar refractivity (Wildman–Crippen MR) is 74.6 cm³/mol. The molecule has 2 aromatic rings. The molecular weight excluding hydrogens is 276 g/mol. The van der Waals surface area contributed by atoms with Crippen molar-refractivity contribution in [3.05, 3.63) is 40.4 Å². The van der Waals surface area contributed by atoms with Gasteiger partial charge in [-0.2, -0.15) is 0 Å². The molecule has 0 aliphatic rings. The van der Waals surface area contributed by atoms with Gasteiger partial charge in [0, 0.05) is 0 Å². The van der Waals surface area contributed by atoms with E-state index in [-0.39, 0.29) is 18.6 Å². The smallest absolute Gasteiger partial charge is 0.308 e. The van der Waals surface area contributed by atoms with Gasteiger partial charge in [0.25, 0.3) is 5.56 Å². The molecule has 0 spiro atoms. The maximum Gasteiger partial charge on any atom is 0.308 e. The summed E-state index contributed by atoms with van der Waals surface area (Å²) in [4.78, 5) is 29.3. The summed E-state index contributed by atoms with van der Waals surface area (Å²) < 4.78 is 4.72. The summed E-state index contributed by atoms with van der Waals surface area (Å²) >= 11 is 0. The molecule has 0 amide bonds. The zero-order valence-corrected chi connectivity index (χ0v) is 11.4. The Balaban J connectivity index is 2.21. The number of aliphatic hydroxyl groups excluding tert-OH is 2. The Kier molecular flexibility index (Phi) is 4.66. The Morgan fingerprint density at radius 1 is 1.43 bits per heavy atom. The van der Waals surface area contributed by atoms with Crippen LogP contribution in [0.5, 0.6) is 0 Å². The van der Waals surface area contributed by atoms with Crippen molar-refractivity contribution < 1.29 is 19.7 Å². The number of esters is 1. The van der Waals surface area contributed by atoms with Gasteiger partial charge in [-0.25, -0.2) is 4.98 Å². The monoisotopic (exact) mass is 292 g/mol. The van der Waals surface area contributed by atoms with Crippen LogP contribution in [0.15, 0.2) is 29.3 Å². The molecule has 0 aliphatic heterocycles. The minimum absolute atomic E-state index is 0.213. The first-order valence-electron chi connectivity index (χ1n) is 6.52. The second kappa shape index (κ2) is 6.47. The summed E-state index contributed by atoms with van der Waals surface area (Å²) in [5.41, 5.74) is 0.490. The number of nitrogens with zero attached hydrogens (tertiary/aromatic N) is 1. The summed E-state index contributed by atoms with van der Waals surface area (Å²) in [6.45, 7) is 1.87. The molecule has 1 aromatic carbocycles. The number of fused-ring (bicyclic) bond motifs is 1. The van der Waals surface area contributed by atoms with Gasteiger partial charge in [-0.15, -0.1) is 0 Å². The van der Waals surface area contributed by atoms with Gasteiger partial charge in [0.1, 0.15) is 6.10 Å². The van der Waals surface area contributed by atoms with Crippen LogP contribution >= 0.6 is 0 Å². The minimum Gasteiger partial charge on any atom is -0.466 e. The van der Waals surface area contributed by atoms with Crippen LogP contribution in [-0.2, 0) is 9.53 Å². The lowest BCUT2D eigenvalue weighted by Gasteiger charge is -2.17. The maximum absolute atomic E-state index is 11.5. The minimum atomic E-state index is -1.29. The van der Waals surface area contributed by atoms with Crippen molar-refractivity contribution in [2.45, 2.75) is 25.6 Å². The Bertz CT molecular complexity index is 697. The fourth-order valence-corrected chi connectivity index (χ4v) is 1.99. The number of ether oxygens (including phenoxy) is 1. The lowest BCUT2D eigenvalue weighted by Crippen LogP contribution is -2.23. The van der Waals surface area contributed by atoms with E-state index < -0.39 is 18.2 Å². The Labute approximate surface area is 120 Å². The van der Waals surface area contributed by atoms with E-state index in [2.05, 4.69) is 9.97 Å². The molecule has 0 aliphatic carbocycles. The second-order valence-electron chi connectivity index (χ2n) is 4.53. The third-order valence-corrected chi connectivity index (χ3v) is 3.05. The van der Waals surface area contributed by atoms with E-state index in [0.29, 0.717) is 16.5 Å². The van der Waals surface area contributed by atoms with Crippen molar-refractivity contribution >= 4 is 16.9 Å². The third-order valence-electron chi connectivity index (χ3n) is 3.05. The molecule has 3 N–H and O–H groups in total. The van der Waals surface area contributed by atoms with Gasteiger partial charge in [-0.1, -0.05) is 6.07 Å². The van der Waals surface area contributed by atoms with Crippen LogP contribution in [0.4, 0.5) is 0 Å². The average Bonchev–Trinajstić information content (AvgIpc) is 2.46. The van der Waals surface area contributed by atoms with E-state index in [4.69, 9.17) is 4.74 Å². The van der Waals surface area contributed by atoms with E-state index in [1.54, 1.807) is 6.92 Å². The molecule has 7 nitrogen and oxygen atoms in total. The van der Waals surface area contributed by atoms with Gasteiger partial charge in [-0.05, 0) is 24.6 Å². The Hall–Kier alpha value is -2.25. The van der Waals surface area contributed by atoms with Gasteiger partial charge in [-0.3, -0.25) is 9.59 Å². The summed E-state index contributed by atoms with van der Waals surface area (Å²) in [6.07, 6.45) is -1.60. The van der Waals surface area contributed by atoms with Gasteiger partial charge in [0.15, 0.2) is 0 Å². The van der Waals surface area contributed by atoms with Crippen LogP contribution in [0.3, 0.4) is 0 Å². The van der Waals surface area contributed by atoms with Gasteiger partial charge in [0.05, 0.1) is 36.4 Å². The summed E-state index contributed by atoms with van der Waals surface area (Å²) in [5, 5.41) is 20.3. The lowest BCUT2D eigenvalue weighted by atomic mass is 10.0. The standard InChI is InChI=1S/C14H16N2O5/c1-2-21-12(18)6-11(17)13(19)8-3-4-9-10(5-8)15-7-16-14(9)20/h3-5,7,11,13,17,19H,2,6H2,1H3,(H,15,16,20). The van der Waals surface area contributed by atoms with E-state index in [1.165, 1.54) is 24.5 Å². The Morgan fingerprint density at radius 2 is 2.19 bits per heavy atom. The molecular formula is C14H16N2O5. The van der Waals surface area contributed by atoms with E-state index >= 15 is 0 Å². The highest BCUT2D eigenvalue weighted by Gasteiger charge is 2.22. The van der Waals surface area contributed by atoms with Crippen molar-refractivity contribution in [3.63, 3.8) is 0 Å². The summed E-state index contributed by atoms with van der Waals surface area (Å²) in [5.74, 6) is -0.584. The molecule has 7 heteroatoms. The predicted octanol–water partition coefficient (Wildman–Crippen LogP) is 0.271. The molecule has 1 aromatic heterocycles. The number of nitrogens with one attached hydrogen (secondary N) is 1. The molecule has 21 heavy (non-hydrogen) atoms. The summed E-state index contributed by atoms with van der Waals surface area (Å²) in [7, 11) is 0. The second-order valence-corrected chi connectivity index (χ2v) is 4.53. The highest BCUT2D eigenvalue weighted by molar-refractivity contribution is 5.78. The van der Waals surface area contributed by atoms with Crippen LogP contribution in [-0.4, -0.2) is 38.9 Å². The van der Waals surface area contributed by atoms with Crippen LogP contribution in [0, 0.1) is 0 Å². The molecule has 0 radical (unpaired) electrons. The normalized spacial score (nSPS) is 13.9. The van der Waals surface area contributed by atoms with Crippen LogP contribution in [0.1, 0.15) is 25.0 Å². The quantitative estimate of drug-likeness (QED) is 0.682. The maximum atomic E-state index is 11.5. The Morgan fingerprint density at radius 3 is 2.90 bits per heavy atom. The van der Waals surface area contributed by atoms with Crippen molar-refractivity contribution in [1.82, 2.24) is 9.97 Å². The number of rotatable bonds is 5. The SMILES string of the molecule is CCOC(=O)CC(O)C(O)c1ccc2c(=O)[nH]cnc2c1. The zero-order chi connectivity index (χ0) is 15.4. The number of aromatic amines is 1. The highest BCUT2D eigenvalue weighted by atomic mass is 16.5. The number of H-pyrrole nitrogens is 1. The van der Waals surface area contributed by atoms with Crippen molar-refractivity contribution in [1.29, 1.82) is 0 Å². The van der Waals surface area contributed by atoms with Crippen LogP contribution < -0.4 is 5.56 Å². The number of carbonyl (C=O) groups is 1. The number of benzene rings is 1. The van der Waals surface area contributed by atoms with Gasteiger partial charge < -0.3 is 19.9 Å². The first-order valence-corrected chi connectivity index (χ1v) is 6.52. The fraction of sp³-hybridized carbons (Fsp3) is 0.357. The molecule has 2 atom stereocenters. The topological polar surface area (TPSA) is 113 Å². The van der Waals surface area contributed by atoms with Crippen LogP contribution in [0.2, 0.25) is 0 Å². The largest absolute Gasteiger partial charge is 0.466 e. The lowest BCUT2D eigenvalue weighted by molar-refractivity contribution is -0.147.